The topological polar surface area (TPSA) is 109 Å². The highest BCUT2D eigenvalue weighted by Gasteiger charge is 2.44. The van der Waals surface area contributed by atoms with Crippen LogP contribution in [-0.2, 0) is 14.3 Å². The summed E-state index contributed by atoms with van der Waals surface area (Å²) in [6.45, 7) is 8.28. The van der Waals surface area contributed by atoms with Gasteiger partial charge in [-0.25, -0.2) is 4.79 Å². The molecule has 2 heterocycles. The molecule has 1 aromatic rings. The first-order chi connectivity index (χ1) is 14.5. The minimum atomic E-state index is -0.357. The zero-order valence-electron chi connectivity index (χ0n) is 17.9. The largest absolute Gasteiger partial charge is 0.446 e. The van der Waals surface area contributed by atoms with Gasteiger partial charge in [-0.3, -0.25) is 14.8 Å². The van der Waals surface area contributed by atoms with Crippen molar-refractivity contribution in [2.75, 3.05) is 38.2 Å². The quantitative estimate of drug-likeness (QED) is 0.624. The number of amides is 2. The molecule has 9 nitrogen and oxygen atoms in total. The lowest BCUT2D eigenvalue weighted by Crippen LogP contribution is -2.38. The van der Waals surface area contributed by atoms with E-state index < -0.39 is 0 Å². The highest BCUT2D eigenvalue weighted by atomic mass is 16.6. The van der Waals surface area contributed by atoms with Gasteiger partial charge in [-0.05, 0) is 45.4 Å². The zero-order chi connectivity index (χ0) is 21.1. The van der Waals surface area contributed by atoms with E-state index in [1.54, 1.807) is 0 Å². The average molecular weight is 420 g/mol. The minimum Gasteiger partial charge on any atom is -0.446 e. The molecule has 2 aliphatic carbocycles. The van der Waals surface area contributed by atoms with E-state index in [0.29, 0.717) is 11.7 Å². The molecule has 30 heavy (non-hydrogen) atoms. The van der Waals surface area contributed by atoms with Gasteiger partial charge in [0.25, 0.3) is 0 Å². The third-order valence-electron chi connectivity index (χ3n) is 6.21. The average Bonchev–Trinajstić information content (AvgIpc) is 3.08. The number of rotatable bonds is 7. The molecule has 0 bridgehead atoms. The molecule has 3 N–H and O–H groups in total. The lowest BCUT2D eigenvalue weighted by molar-refractivity contribution is -0.117. The number of anilines is 1. The number of alkyl carbamates (subject to hydrolysis) is 1. The fourth-order valence-corrected chi connectivity index (χ4v) is 4.47. The van der Waals surface area contributed by atoms with Crippen molar-refractivity contribution in [2.24, 2.45) is 11.8 Å². The van der Waals surface area contributed by atoms with Gasteiger partial charge in [-0.1, -0.05) is 0 Å². The zero-order valence-corrected chi connectivity index (χ0v) is 17.9. The predicted molar refractivity (Wildman–Crippen MR) is 111 cm³/mol. The molecule has 9 heteroatoms. The first-order valence-corrected chi connectivity index (χ1v) is 11.1. The summed E-state index contributed by atoms with van der Waals surface area (Å²) < 4.78 is 10.9. The maximum absolute atomic E-state index is 12.5. The van der Waals surface area contributed by atoms with Crippen LogP contribution in [0.2, 0.25) is 0 Å². The summed E-state index contributed by atoms with van der Waals surface area (Å²) in [6.07, 6.45) is 3.04. The predicted octanol–water partition coefficient (Wildman–Crippen LogP) is 2.09. The standard InChI is InChI=1S/C21H33N5O4/c1-13(2)22-21(28)30-16-4-3-14(9-16)18-11-19(25-24-18)23-20(27)17-10-15(17)12-26-5-7-29-8-6-26/h11,13-17H,3-10,12H2,1-2H3,(H,22,28)(H2,23,24,25,27)/t14-,15+,16+,17-/m0/s1. The molecule has 3 fully saturated rings. The number of aromatic nitrogens is 2. The van der Waals surface area contributed by atoms with Crippen molar-refractivity contribution in [3.8, 4) is 0 Å². The minimum absolute atomic E-state index is 0.0595. The molecular weight excluding hydrogens is 386 g/mol. The van der Waals surface area contributed by atoms with Crippen molar-refractivity contribution in [2.45, 2.75) is 57.6 Å². The van der Waals surface area contributed by atoms with Crippen LogP contribution in [0, 0.1) is 11.8 Å². The van der Waals surface area contributed by atoms with Crippen LogP contribution in [0.15, 0.2) is 6.07 Å². The molecule has 0 aromatic carbocycles. The number of carbonyl (C=O) groups is 2. The number of ether oxygens (including phenoxy) is 2. The van der Waals surface area contributed by atoms with Crippen LogP contribution < -0.4 is 10.6 Å². The van der Waals surface area contributed by atoms with E-state index in [0.717, 1.165) is 64.2 Å². The van der Waals surface area contributed by atoms with Crippen molar-refractivity contribution in [1.82, 2.24) is 20.4 Å². The van der Waals surface area contributed by atoms with Crippen molar-refractivity contribution in [3.63, 3.8) is 0 Å². The van der Waals surface area contributed by atoms with E-state index in [2.05, 4.69) is 25.7 Å². The summed E-state index contributed by atoms with van der Waals surface area (Å²) in [7, 11) is 0. The van der Waals surface area contributed by atoms with E-state index in [-0.39, 0.29) is 36.0 Å². The number of aromatic amines is 1. The van der Waals surface area contributed by atoms with Gasteiger partial charge in [0.15, 0.2) is 5.82 Å². The summed E-state index contributed by atoms with van der Waals surface area (Å²) in [6, 6.07) is 1.98. The number of hydrogen-bond acceptors (Lipinski definition) is 6. The molecule has 4 rings (SSSR count). The molecule has 3 aliphatic rings. The number of carbonyl (C=O) groups excluding carboxylic acids is 2. The fraction of sp³-hybridized carbons (Fsp3) is 0.762. The number of nitrogens with zero attached hydrogens (tertiary/aromatic N) is 2. The Morgan fingerprint density at radius 2 is 2.10 bits per heavy atom. The molecule has 1 aromatic heterocycles. The number of hydrogen-bond donors (Lipinski definition) is 3. The number of morpholine rings is 1. The van der Waals surface area contributed by atoms with Gasteiger partial charge in [0, 0.05) is 49.3 Å². The van der Waals surface area contributed by atoms with Crippen LogP contribution in [0.4, 0.5) is 10.6 Å². The van der Waals surface area contributed by atoms with Crippen LogP contribution in [0.3, 0.4) is 0 Å². The van der Waals surface area contributed by atoms with Crippen LogP contribution in [0.1, 0.15) is 51.1 Å². The first kappa shape index (κ1) is 21.1. The molecule has 2 amide bonds. The molecule has 166 valence electrons. The van der Waals surface area contributed by atoms with E-state index >= 15 is 0 Å². The van der Waals surface area contributed by atoms with E-state index in [1.165, 1.54) is 0 Å². The molecule has 4 atom stereocenters. The third kappa shape index (κ3) is 5.51. The van der Waals surface area contributed by atoms with Gasteiger partial charge >= 0.3 is 6.09 Å². The number of nitrogens with one attached hydrogen (secondary N) is 3. The normalized spacial score (nSPS) is 29.0. The highest BCUT2D eigenvalue weighted by molar-refractivity contribution is 5.93. The van der Waals surface area contributed by atoms with Gasteiger partial charge in [0.05, 0.1) is 13.2 Å². The smallest absolute Gasteiger partial charge is 0.407 e. The Bertz CT molecular complexity index is 746. The molecule has 1 aliphatic heterocycles. The third-order valence-corrected chi connectivity index (χ3v) is 6.21. The first-order valence-electron chi connectivity index (χ1n) is 11.1. The molecule has 0 unspecified atom stereocenters. The summed E-state index contributed by atoms with van der Waals surface area (Å²) in [5.74, 6) is 1.41. The molecular formula is C21H33N5O4. The maximum atomic E-state index is 12.5. The van der Waals surface area contributed by atoms with E-state index in [9.17, 15) is 9.59 Å². The Labute approximate surface area is 177 Å². The van der Waals surface area contributed by atoms with Gasteiger partial charge in [0.1, 0.15) is 6.10 Å². The van der Waals surface area contributed by atoms with Gasteiger partial charge in [-0.15, -0.1) is 0 Å². The fourth-order valence-electron chi connectivity index (χ4n) is 4.47. The van der Waals surface area contributed by atoms with Gasteiger partial charge in [0.2, 0.25) is 5.91 Å². The summed E-state index contributed by atoms with van der Waals surface area (Å²) >= 11 is 0. The Morgan fingerprint density at radius 3 is 2.87 bits per heavy atom. The van der Waals surface area contributed by atoms with E-state index in [1.807, 2.05) is 19.9 Å². The Balaban J connectivity index is 1.21. The van der Waals surface area contributed by atoms with Crippen LogP contribution in [0.5, 0.6) is 0 Å². The second-order valence-electron chi connectivity index (χ2n) is 9.05. The second-order valence-corrected chi connectivity index (χ2v) is 9.05. The monoisotopic (exact) mass is 419 g/mol. The maximum Gasteiger partial charge on any atom is 0.407 e. The van der Waals surface area contributed by atoms with Gasteiger partial charge in [-0.2, -0.15) is 5.10 Å². The Kier molecular flexibility index (Phi) is 6.58. The van der Waals surface area contributed by atoms with Crippen molar-refractivity contribution >= 4 is 17.8 Å². The summed E-state index contributed by atoms with van der Waals surface area (Å²) in [5, 5.41) is 13.0. The molecule has 0 radical (unpaired) electrons. The van der Waals surface area contributed by atoms with Crippen LogP contribution >= 0.6 is 0 Å². The molecule has 2 saturated carbocycles. The van der Waals surface area contributed by atoms with Crippen molar-refractivity contribution in [3.05, 3.63) is 11.8 Å². The molecule has 0 spiro atoms. The Morgan fingerprint density at radius 1 is 1.30 bits per heavy atom. The SMILES string of the molecule is CC(C)NC(=O)O[C@@H]1CC[C@H](c2cc(NC(=O)[C@H]3C[C@@H]3CN3CCOCC3)n[nH]2)C1. The van der Waals surface area contributed by atoms with E-state index in [4.69, 9.17) is 9.47 Å². The van der Waals surface area contributed by atoms with Crippen molar-refractivity contribution in [1.29, 1.82) is 0 Å². The van der Waals surface area contributed by atoms with Gasteiger partial charge < -0.3 is 20.1 Å². The number of H-pyrrole nitrogens is 1. The summed E-state index contributed by atoms with van der Waals surface area (Å²) in [4.78, 5) is 26.7. The summed E-state index contributed by atoms with van der Waals surface area (Å²) in [5.41, 5.74) is 0.987. The van der Waals surface area contributed by atoms with Crippen molar-refractivity contribution < 1.29 is 19.1 Å². The molecule has 1 saturated heterocycles. The Hall–Kier alpha value is -2.13. The van der Waals surface area contributed by atoms with Crippen LogP contribution in [0.25, 0.3) is 0 Å². The lowest BCUT2D eigenvalue weighted by Gasteiger charge is -2.26. The second kappa shape index (κ2) is 9.34. The highest BCUT2D eigenvalue weighted by Crippen LogP contribution is 2.40. The van der Waals surface area contributed by atoms with Crippen LogP contribution in [-0.4, -0.2) is 72.1 Å². The lowest BCUT2D eigenvalue weighted by atomic mass is 10.0.